The van der Waals surface area contributed by atoms with Gasteiger partial charge in [-0.1, -0.05) is 12.1 Å². The number of hydrogen-bond donors (Lipinski definition) is 2. The number of benzene rings is 1. The largest absolute Gasteiger partial charge is 0.384 e. The van der Waals surface area contributed by atoms with Gasteiger partial charge in [0.05, 0.1) is 17.2 Å². The molecule has 0 saturated heterocycles. The summed E-state index contributed by atoms with van der Waals surface area (Å²) in [4.78, 5) is 1.36. The number of rotatable bonds is 7. The molecule has 0 heterocycles. The fourth-order valence-corrected chi connectivity index (χ4v) is 2.90. The van der Waals surface area contributed by atoms with E-state index < -0.39 is 22.8 Å². The Balaban J connectivity index is 2.71. The molecule has 0 fully saturated rings. The van der Waals surface area contributed by atoms with Gasteiger partial charge in [-0.05, 0) is 19.2 Å². The summed E-state index contributed by atoms with van der Waals surface area (Å²) in [5.74, 6) is -0.388. The first-order valence-corrected chi connectivity index (χ1v) is 7.51. The predicted molar refractivity (Wildman–Crippen MR) is 73.0 cm³/mol. The highest BCUT2D eigenvalue weighted by Gasteiger charge is 2.16. The van der Waals surface area contributed by atoms with Gasteiger partial charge in [-0.2, -0.15) is 0 Å². The van der Waals surface area contributed by atoms with Crippen molar-refractivity contribution in [2.24, 2.45) is 5.73 Å². The molecule has 0 aliphatic heterocycles. The summed E-state index contributed by atoms with van der Waals surface area (Å²) in [6, 6.07) is 5.61. The average molecular weight is 305 g/mol. The summed E-state index contributed by atoms with van der Waals surface area (Å²) in [6.07, 6.45) is -2.49. The second-order valence-corrected chi connectivity index (χ2v) is 6.52. The number of nitrogens with one attached hydrogen (secondary N) is 1. The van der Waals surface area contributed by atoms with E-state index in [0.717, 1.165) is 0 Å². The highest BCUT2D eigenvalue weighted by Crippen LogP contribution is 2.12. The summed E-state index contributed by atoms with van der Waals surface area (Å²) >= 11 is 0. The maximum Gasteiger partial charge on any atom is 0.251 e. The lowest BCUT2D eigenvalue weighted by Gasteiger charge is -2.15. The SMILES string of the molecule is CN(CCS(=O)(=O)c1ccc(C(=N)N)cc1)CC(F)F. The van der Waals surface area contributed by atoms with Gasteiger partial charge in [-0.15, -0.1) is 0 Å². The van der Waals surface area contributed by atoms with Gasteiger partial charge in [0.15, 0.2) is 9.84 Å². The normalized spacial score (nSPS) is 12.1. The zero-order valence-electron chi connectivity index (χ0n) is 11.0. The van der Waals surface area contributed by atoms with E-state index in [0.29, 0.717) is 5.56 Å². The van der Waals surface area contributed by atoms with Gasteiger partial charge in [-0.25, -0.2) is 17.2 Å². The summed E-state index contributed by atoms with van der Waals surface area (Å²) in [5.41, 5.74) is 5.70. The summed E-state index contributed by atoms with van der Waals surface area (Å²) < 4.78 is 48.3. The van der Waals surface area contributed by atoms with Crippen molar-refractivity contribution in [1.29, 1.82) is 5.41 Å². The Morgan fingerprint density at radius 3 is 2.35 bits per heavy atom. The van der Waals surface area contributed by atoms with Crippen molar-refractivity contribution in [3.05, 3.63) is 29.8 Å². The van der Waals surface area contributed by atoms with Crippen molar-refractivity contribution < 1.29 is 17.2 Å². The topological polar surface area (TPSA) is 87.2 Å². The molecule has 1 aromatic carbocycles. The van der Waals surface area contributed by atoms with E-state index in [-0.39, 0.29) is 23.0 Å². The molecule has 0 aliphatic carbocycles. The van der Waals surface area contributed by atoms with Gasteiger partial charge in [0.25, 0.3) is 6.43 Å². The molecule has 1 rings (SSSR count). The lowest BCUT2D eigenvalue weighted by atomic mass is 10.2. The van der Waals surface area contributed by atoms with E-state index >= 15 is 0 Å². The van der Waals surface area contributed by atoms with Crippen LogP contribution in [-0.2, 0) is 9.84 Å². The molecular formula is C12H17F2N3O2S. The predicted octanol–water partition coefficient (Wildman–Crippen LogP) is 0.941. The average Bonchev–Trinajstić information content (AvgIpc) is 2.36. The van der Waals surface area contributed by atoms with Gasteiger partial charge in [0.1, 0.15) is 5.84 Å². The summed E-state index contributed by atoms with van der Waals surface area (Å²) in [7, 11) is -2.09. The molecule has 8 heteroatoms. The van der Waals surface area contributed by atoms with E-state index in [9.17, 15) is 17.2 Å². The van der Waals surface area contributed by atoms with Crippen LogP contribution in [0.2, 0.25) is 0 Å². The molecule has 0 radical (unpaired) electrons. The third-order valence-corrected chi connectivity index (χ3v) is 4.43. The van der Waals surface area contributed by atoms with Crippen molar-refractivity contribution in [3.8, 4) is 0 Å². The van der Waals surface area contributed by atoms with Gasteiger partial charge in [0, 0.05) is 12.1 Å². The fraction of sp³-hybridized carbons (Fsp3) is 0.417. The minimum atomic E-state index is -3.53. The van der Waals surface area contributed by atoms with E-state index in [1.165, 1.54) is 36.2 Å². The molecule has 0 spiro atoms. The zero-order valence-corrected chi connectivity index (χ0v) is 11.8. The Morgan fingerprint density at radius 1 is 1.35 bits per heavy atom. The monoisotopic (exact) mass is 305 g/mol. The Bertz CT molecular complexity index is 559. The molecule has 1 aromatic rings. The third-order valence-electron chi connectivity index (χ3n) is 2.72. The maximum absolute atomic E-state index is 12.1. The Labute approximate surface area is 116 Å². The Kier molecular flexibility index (Phi) is 5.58. The van der Waals surface area contributed by atoms with Gasteiger partial charge < -0.3 is 5.73 Å². The molecule has 112 valence electrons. The minimum Gasteiger partial charge on any atom is -0.384 e. The second-order valence-electron chi connectivity index (χ2n) is 4.41. The lowest BCUT2D eigenvalue weighted by molar-refractivity contribution is 0.103. The van der Waals surface area contributed by atoms with Crippen LogP contribution in [0.25, 0.3) is 0 Å². The van der Waals surface area contributed by atoms with E-state index in [1.54, 1.807) is 0 Å². The molecule has 0 aromatic heterocycles. The third kappa shape index (κ3) is 4.86. The molecular weight excluding hydrogens is 288 g/mol. The van der Waals surface area contributed by atoms with Crippen LogP contribution in [0.4, 0.5) is 8.78 Å². The smallest absolute Gasteiger partial charge is 0.251 e. The zero-order chi connectivity index (χ0) is 15.3. The minimum absolute atomic E-state index is 0.0289. The number of nitrogen functional groups attached to an aromatic ring is 1. The maximum atomic E-state index is 12.1. The van der Waals surface area contributed by atoms with Gasteiger partial charge in [0.2, 0.25) is 0 Å². The quantitative estimate of drug-likeness (QED) is 0.580. The molecule has 0 atom stereocenters. The van der Waals surface area contributed by atoms with E-state index in [4.69, 9.17) is 11.1 Å². The molecule has 3 N–H and O–H groups in total. The van der Waals surface area contributed by atoms with Crippen LogP contribution in [0.3, 0.4) is 0 Å². The number of alkyl halides is 2. The van der Waals surface area contributed by atoms with Crippen molar-refractivity contribution in [2.75, 3.05) is 25.9 Å². The first-order valence-electron chi connectivity index (χ1n) is 5.86. The van der Waals surface area contributed by atoms with Crippen LogP contribution in [0.5, 0.6) is 0 Å². The Morgan fingerprint density at radius 2 is 1.90 bits per heavy atom. The van der Waals surface area contributed by atoms with Crippen molar-refractivity contribution >= 4 is 15.7 Å². The number of amidine groups is 1. The molecule has 0 bridgehead atoms. The fourth-order valence-electron chi connectivity index (χ4n) is 1.56. The van der Waals surface area contributed by atoms with Crippen molar-refractivity contribution in [3.63, 3.8) is 0 Å². The molecule has 0 aliphatic rings. The van der Waals surface area contributed by atoms with Crippen LogP contribution in [0.1, 0.15) is 5.56 Å². The lowest BCUT2D eigenvalue weighted by Crippen LogP contribution is -2.29. The first-order chi connectivity index (χ1) is 9.22. The Hall–Kier alpha value is -1.54. The van der Waals surface area contributed by atoms with E-state index in [2.05, 4.69) is 0 Å². The van der Waals surface area contributed by atoms with E-state index in [1.807, 2.05) is 0 Å². The van der Waals surface area contributed by atoms with Crippen LogP contribution in [0.15, 0.2) is 29.2 Å². The second kappa shape index (κ2) is 6.76. The highest BCUT2D eigenvalue weighted by atomic mass is 32.2. The number of nitrogens with two attached hydrogens (primary N) is 1. The highest BCUT2D eigenvalue weighted by molar-refractivity contribution is 7.91. The van der Waals surface area contributed by atoms with Crippen LogP contribution < -0.4 is 5.73 Å². The first kappa shape index (κ1) is 16.5. The number of halogens is 2. The van der Waals surface area contributed by atoms with Crippen molar-refractivity contribution in [1.82, 2.24) is 4.90 Å². The summed E-state index contributed by atoms with van der Waals surface area (Å²) in [6.45, 7) is -0.431. The summed E-state index contributed by atoms with van der Waals surface area (Å²) in [5, 5.41) is 7.21. The van der Waals surface area contributed by atoms with Crippen molar-refractivity contribution in [2.45, 2.75) is 11.3 Å². The van der Waals surface area contributed by atoms with Crippen LogP contribution in [0, 0.1) is 5.41 Å². The molecule has 5 nitrogen and oxygen atoms in total. The number of hydrogen-bond acceptors (Lipinski definition) is 4. The molecule has 0 amide bonds. The van der Waals surface area contributed by atoms with Gasteiger partial charge in [-0.3, -0.25) is 10.3 Å². The molecule has 0 unspecified atom stereocenters. The molecule has 0 saturated carbocycles. The van der Waals surface area contributed by atoms with Gasteiger partial charge >= 0.3 is 0 Å². The van der Waals surface area contributed by atoms with Crippen LogP contribution >= 0.6 is 0 Å². The standard InChI is InChI=1S/C12H17F2N3O2S/c1-17(8-11(13)14)6-7-20(18,19)10-4-2-9(3-5-10)12(15)16/h2-5,11H,6-8H2,1H3,(H3,15,16). The van der Waals surface area contributed by atoms with Crippen LogP contribution in [-0.4, -0.2) is 51.5 Å². The number of sulfone groups is 1. The molecule has 20 heavy (non-hydrogen) atoms. The number of nitrogens with zero attached hydrogens (tertiary/aromatic N) is 1.